The van der Waals surface area contributed by atoms with Crippen molar-refractivity contribution < 1.29 is 9.53 Å². The summed E-state index contributed by atoms with van der Waals surface area (Å²) in [7, 11) is 3.53. The zero-order chi connectivity index (χ0) is 19.9. The van der Waals surface area contributed by atoms with Gasteiger partial charge in [-0.25, -0.2) is 4.79 Å². The van der Waals surface area contributed by atoms with Gasteiger partial charge in [0.1, 0.15) is 5.75 Å². The molecule has 1 fully saturated rings. The van der Waals surface area contributed by atoms with Crippen LogP contribution in [-0.2, 0) is 0 Å². The van der Waals surface area contributed by atoms with Gasteiger partial charge >= 0.3 is 6.03 Å². The topological polar surface area (TPSA) is 44.8 Å². The first kappa shape index (κ1) is 20.2. The van der Waals surface area contributed by atoms with Crippen molar-refractivity contribution in [1.29, 1.82) is 0 Å². The summed E-state index contributed by atoms with van der Waals surface area (Å²) in [4.78, 5) is 17.0. The molecule has 150 valence electrons. The summed E-state index contributed by atoms with van der Waals surface area (Å²) in [6.07, 6.45) is 2.43. The summed E-state index contributed by atoms with van der Waals surface area (Å²) in [5, 5.41) is 3.15. The standard InChI is InChI=1S/C23H31N3O2/c1-18(19-9-5-4-6-10-19)25(2)23(27)24-17-22(26-15-7-8-16-26)20-11-13-21(28-3)14-12-20/h4-6,9-14,18,22H,7-8,15-17H2,1-3H3,(H,24,27). The first-order chi connectivity index (χ1) is 13.6. The zero-order valence-electron chi connectivity index (χ0n) is 17.1. The Balaban J connectivity index is 1.66. The van der Waals surface area contributed by atoms with Crippen LogP contribution in [-0.4, -0.2) is 49.6 Å². The maximum absolute atomic E-state index is 12.8. The van der Waals surface area contributed by atoms with Crippen LogP contribution in [0.5, 0.6) is 5.75 Å². The van der Waals surface area contributed by atoms with Crippen LogP contribution in [0.1, 0.15) is 43.0 Å². The quantitative estimate of drug-likeness (QED) is 0.780. The second-order valence-corrected chi connectivity index (χ2v) is 7.42. The molecule has 2 amide bonds. The molecule has 1 aliphatic rings. The van der Waals surface area contributed by atoms with E-state index in [1.54, 1.807) is 12.0 Å². The molecule has 5 nitrogen and oxygen atoms in total. The van der Waals surface area contributed by atoms with Crippen molar-refractivity contribution >= 4 is 6.03 Å². The molecule has 1 saturated heterocycles. The summed E-state index contributed by atoms with van der Waals surface area (Å²) in [5.41, 5.74) is 2.34. The van der Waals surface area contributed by atoms with Gasteiger partial charge in [-0.3, -0.25) is 4.90 Å². The minimum absolute atomic E-state index is 0.0208. The second kappa shape index (κ2) is 9.60. The average Bonchev–Trinajstić information content (AvgIpc) is 3.28. The Hall–Kier alpha value is -2.53. The summed E-state index contributed by atoms with van der Waals surface area (Å²) in [6, 6.07) is 18.4. The highest BCUT2D eigenvalue weighted by atomic mass is 16.5. The number of ether oxygens (including phenoxy) is 1. The van der Waals surface area contributed by atoms with Gasteiger partial charge in [0.2, 0.25) is 0 Å². The van der Waals surface area contributed by atoms with E-state index in [-0.39, 0.29) is 18.1 Å². The van der Waals surface area contributed by atoms with Crippen molar-refractivity contribution in [2.24, 2.45) is 0 Å². The number of nitrogens with one attached hydrogen (secondary N) is 1. The zero-order valence-corrected chi connectivity index (χ0v) is 17.1. The highest BCUT2D eigenvalue weighted by Gasteiger charge is 2.25. The summed E-state index contributed by atoms with van der Waals surface area (Å²) in [5.74, 6) is 0.851. The van der Waals surface area contributed by atoms with Crippen molar-refractivity contribution in [3.05, 3.63) is 65.7 Å². The molecule has 2 atom stereocenters. The van der Waals surface area contributed by atoms with E-state index in [1.807, 2.05) is 37.4 Å². The molecule has 28 heavy (non-hydrogen) atoms. The van der Waals surface area contributed by atoms with Gasteiger partial charge in [0, 0.05) is 13.6 Å². The molecular weight excluding hydrogens is 350 g/mol. The van der Waals surface area contributed by atoms with Gasteiger partial charge in [-0.2, -0.15) is 0 Å². The molecule has 0 aliphatic carbocycles. The molecule has 3 rings (SSSR count). The van der Waals surface area contributed by atoms with Crippen LogP contribution in [0.15, 0.2) is 54.6 Å². The predicted octanol–water partition coefficient (Wildman–Crippen LogP) is 4.23. The van der Waals surface area contributed by atoms with Crippen LogP contribution < -0.4 is 10.1 Å². The van der Waals surface area contributed by atoms with Crippen LogP contribution in [0, 0.1) is 0 Å². The third-order valence-electron chi connectivity index (χ3n) is 5.71. The van der Waals surface area contributed by atoms with Gasteiger partial charge in [-0.15, -0.1) is 0 Å². The van der Waals surface area contributed by atoms with Gasteiger partial charge in [0.25, 0.3) is 0 Å². The van der Waals surface area contributed by atoms with E-state index in [2.05, 4.69) is 41.4 Å². The van der Waals surface area contributed by atoms with Crippen LogP contribution >= 0.6 is 0 Å². The fourth-order valence-electron chi connectivity index (χ4n) is 3.78. The molecule has 1 N–H and O–H groups in total. The maximum Gasteiger partial charge on any atom is 0.317 e. The number of methoxy groups -OCH3 is 1. The van der Waals surface area contributed by atoms with Crippen molar-refractivity contribution in [3.63, 3.8) is 0 Å². The van der Waals surface area contributed by atoms with Crippen molar-refractivity contribution in [2.75, 3.05) is 33.8 Å². The number of carbonyl (C=O) groups excluding carboxylic acids is 1. The van der Waals surface area contributed by atoms with Crippen LogP contribution in [0.4, 0.5) is 4.79 Å². The number of nitrogens with zero attached hydrogens (tertiary/aromatic N) is 2. The van der Waals surface area contributed by atoms with Gasteiger partial charge in [0.15, 0.2) is 0 Å². The molecule has 0 saturated carbocycles. The normalized spacial score (nSPS) is 16.4. The number of amides is 2. The van der Waals surface area contributed by atoms with Gasteiger partial charge < -0.3 is 15.0 Å². The van der Waals surface area contributed by atoms with E-state index in [1.165, 1.54) is 18.4 Å². The minimum Gasteiger partial charge on any atom is -0.497 e. The van der Waals surface area contributed by atoms with E-state index in [0.717, 1.165) is 24.4 Å². The molecule has 0 radical (unpaired) electrons. The SMILES string of the molecule is COc1ccc(C(CNC(=O)N(C)C(C)c2ccccc2)N2CCCC2)cc1. The average molecular weight is 382 g/mol. The molecule has 1 heterocycles. The highest BCUT2D eigenvalue weighted by molar-refractivity contribution is 5.74. The molecule has 0 aromatic heterocycles. The number of benzene rings is 2. The van der Waals surface area contributed by atoms with Gasteiger partial charge in [0.05, 0.1) is 19.2 Å². The van der Waals surface area contributed by atoms with E-state index in [0.29, 0.717) is 6.54 Å². The van der Waals surface area contributed by atoms with E-state index in [4.69, 9.17) is 4.74 Å². The largest absolute Gasteiger partial charge is 0.497 e. The van der Waals surface area contributed by atoms with Gasteiger partial charge in [-0.1, -0.05) is 42.5 Å². The third-order valence-corrected chi connectivity index (χ3v) is 5.71. The smallest absolute Gasteiger partial charge is 0.317 e. The Morgan fingerprint density at radius 1 is 1.07 bits per heavy atom. The summed E-state index contributed by atoms with van der Waals surface area (Å²) >= 11 is 0. The van der Waals surface area contributed by atoms with Crippen LogP contribution in [0.25, 0.3) is 0 Å². The lowest BCUT2D eigenvalue weighted by molar-refractivity contribution is 0.185. The fourth-order valence-corrected chi connectivity index (χ4v) is 3.78. The Kier molecular flexibility index (Phi) is 6.93. The number of rotatable bonds is 7. The minimum atomic E-state index is -0.0472. The Morgan fingerprint density at radius 3 is 2.32 bits per heavy atom. The number of hydrogen-bond donors (Lipinski definition) is 1. The monoisotopic (exact) mass is 381 g/mol. The summed E-state index contributed by atoms with van der Waals surface area (Å²) < 4.78 is 5.28. The van der Waals surface area contributed by atoms with E-state index >= 15 is 0 Å². The fraction of sp³-hybridized carbons (Fsp3) is 0.435. The summed E-state index contributed by atoms with van der Waals surface area (Å²) in [6.45, 7) is 4.79. The lowest BCUT2D eigenvalue weighted by atomic mass is 10.1. The molecule has 5 heteroatoms. The number of urea groups is 1. The molecule has 0 spiro atoms. The third kappa shape index (κ3) is 4.84. The number of likely N-dealkylation sites (tertiary alicyclic amines) is 1. The number of hydrogen-bond acceptors (Lipinski definition) is 3. The Labute approximate surface area is 168 Å². The second-order valence-electron chi connectivity index (χ2n) is 7.42. The van der Waals surface area contributed by atoms with Crippen molar-refractivity contribution in [3.8, 4) is 5.75 Å². The molecule has 2 aromatic carbocycles. The number of carbonyl (C=O) groups is 1. The molecule has 1 aliphatic heterocycles. The molecule has 2 aromatic rings. The van der Waals surface area contributed by atoms with Crippen LogP contribution in [0.3, 0.4) is 0 Å². The molecule has 0 bridgehead atoms. The van der Waals surface area contributed by atoms with Crippen molar-refractivity contribution in [1.82, 2.24) is 15.1 Å². The first-order valence-electron chi connectivity index (χ1n) is 10.0. The maximum atomic E-state index is 12.8. The lowest BCUT2D eigenvalue weighted by Gasteiger charge is -2.30. The Morgan fingerprint density at radius 2 is 1.71 bits per heavy atom. The van der Waals surface area contributed by atoms with Crippen molar-refractivity contribution in [2.45, 2.75) is 31.8 Å². The first-order valence-corrected chi connectivity index (χ1v) is 10.0. The molecular formula is C23H31N3O2. The Bertz CT molecular complexity index is 742. The van der Waals surface area contributed by atoms with Crippen LogP contribution in [0.2, 0.25) is 0 Å². The molecule has 2 unspecified atom stereocenters. The highest BCUT2D eigenvalue weighted by Crippen LogP contribution is 2.26. The van der Waals surface area contributed by atoms with Gasteiger partial charge in [-0.05, 0) is 56.1 Å². The van der Waals surface area contributed by atoms with E-state index in [9.17, 15) is 4.79 Å². The lowest BCUT2D eigenvalue weighted by Crippen LogP contribution is -2.43. The predicted molar refractivity (Wildman–Crippen MR) is 113 cm³/mol. The van der Waals surface area contributed by atoms with E-state index < -0.39 is 0 Å².